The molecule has 3 heteroatoms. The van der Waals surface area contributed by atoms with Crippen LogP contribution in [0.2, 0.25) is 0 Å². The molecule has 0 saturated heterocycles. The summed E-state index contributed by atoms with van der Waals surface area (Å²) in [7, 11) is 0. The van der Waals surface area contributed by atoms with Crippen molar-refractivity contribution in [2.24, 2.45) is 0 Å². The Morgan fingerprint density at radius 3 is 1.88 bits per heavy atom. The van der Waals surface area contributed by atoms with Crippen LogP contribution in [-0.4, -0.2) is 0 Å². The van der Waals surface area contributed by atoms with Crippen molar-refractivity contribution in [3.63, 3.8) is 0 Å². The van der Waals surface area contributed by atoms with Crippen molar-refractivity contribution in [3.05, 3.63) is 59.7 Å². The number of hydrogen-bond donors (Lipinski definition) is 0. The van der Waals surface area contributed by atoms with Crippen LogP contribution in [0.25, 0.3) is 0 Å². The molecule has 0 aliphatic rings. The third kappa shape index (κ3) is 8.32. The van der Waals surface area contributed by atoms with Crippen LogP contribution in [0.1, 0.15) is 18.1 Å². The first-order valence-corrected chi connectivity index (χ1v) is 4.72. The molecule has 16 heavy (non-hydrogen) atoms. The van der Waals surface area contributed by atoms with E-state index in [1.165, 1.54) is 17.5 Å². The molecule has 0 radical (unpaired) electrons. The summed E-state index contributed by atoms with van der Waals surface area (Å²) in [5.74, 6) is 0. The molecule has 0 nitrogen and oxygen atoms in total. The molecule has 2 aromatic rings. The SMILES string of the molecule is CCc1ccc[c-]1C.[Cl-].[Cl-].[Hf+4].c1cc[cH-]c1. The average molecular weight is 422 g/mol. The van der Waals surface area contributed by atoms with Crippen LogP contribution >= 0.6 is 0 Å². The molecule has 0 unspecified atom stereocenters. The quantitative estimate of drug-likeness (QED) is 0.359. The van der Waals surface area contributed by atoms with Crippen LogP contribution in [0.5, 0.6) is 0 Å². The van der Waals surface area contributed by atoms with Gasteiger partial charge in [0.25, 0.3) is 0 Å². The minimum Gasteiger partial charge on any atom is -1.00 e. The van der Waals surface area contributed by atoms with E-state index in [1.807, 2.05) is 30.3 Å². The van der Waals surface area contributed by atoms with Gasteiger partial charge in [-0.05, 0) is 0 Å². The molecule has 0 N–H and O–H groups in total. The Hall–Kier alpha value is 0.150. The van der Waals surface area contributed by atoms with E-state index in [9.17, 15) is 0 Å². The maximum atomic E-state index is 2.18. The van der Waals surface area contributed by atoms with Crippen LogP contribution in [0, 0.1) is 6.92 Å². The van der Waals surface area contributed by atoms with Crippen molar-refractivity contribution in [1.82, 2.24) is 0 Å². The molecule has 0 aliphatic carbocycles. The molecule has 0 amide bonds. The van der Waals surface area contributed by atoms with E-state index in [2.05, 4.69) is 32.0 Å². The zero-order chi connectivity index (χ0) is 9.52. The summed E-state index contributed by atoms with van der Waals surface area (Å²) >= 11 is 0. The van der Waals surface area contributed by atoms with Gasteiger partial charge in [-0.3, -0.25) is 0 Å². The smallest absolute Gasteiger partial charge is 1.00 e. The fraction of sp³-hybridized carbons (Fsp3) is 0.231. The van der Waals surface area contributed by atoms with Crippen molar-refractivity contribution < 1.29 is 50.7 Å². The van der Waals surface area contributed by atoms with Crippen molar-refractivity contribution in [2.45, 2.75) is 20.3 Å². The zero-order valence-corrected chi connectivity index (χ0v) is 14.7. The van der Waals surface area contributed by atoms with Crippen LogP contribution in [0.3, 0.4) is 0 Å². The van der Waals surface area contributed by atoms with E-state index in [4.69, 9.17) is 0 Å². The van der Waals surface area contributed by atoms with E-state index in [0.717, 1.165) is 0 Å². The molecule has 0 aliphatic heterocycles. The minimum atomic E-state index is 0. The molecule has 0 fully saturated rings. The van der Waals surface area contributed by atoms with Crippen LogP contribution < -0.4 is 24.8 Å². The average Bonchev–Trinajstić information content (AvgIpc) is 2.76. The standard InChI is InChI=1S/C8H11.C5H5.2ClH.Hf/c1-3-8-6-4-5-7(8)2;1-2-4-5-3-1;;;/h4-6H,3H2,1-2H3;1-5H;2*1H;/q2*-1;;;+4/p-2. The Bertz CT molecular complexity index is 295. The first-order valence-electron chi connectivity index (χ1n) is 4.72. The third-order valence-corrected chi connectivity index (χ3v) is 2.09. The molecule has 0 saturated carbocycles. The predicted octanol–water partition coefficient (Wildman–Crippen LogP) is -2.31. The third-order valence-electron chi connectivity index (χ3n) is 2.09. The van der Waals surface area contributed by atoms with Gasteiger partial charge < -0.3 is 24.8 Å². The van der Waals surface area contributed by atoms with Crippen molar-refractivity contribution in [1.29, 1.82) is 0 Å². The van der Waals surface area contributed by atoms with E-state index in [0.29, 0.717) is 0 Å². The monoisotopic (exact) mass is 422 g/mol. The Kier molecular flexibility index (Phi) is 17.7. The van der Waals surface area contributed by atoms with Crippen LogP contribution in [-0.2, 0) is 32.3 Å². The maximum Gasteiger partial charge on any atom is 4.00 e. The normalized spacial score (nSPS) is 7.38. The fourth-order valence-corrected chi connectivity index (χ4v) is 1.26. The molecule has 2 aromatic carbocycles. The van der Waals surface area contributed by atoms with E-state index >= 15 is 0 Å². The van der Waals surface area contributed by atoms with Gasteiger partial charge in [-0.25, -0.2) is 24.3 Å². The second-order valence-electron chi connectivity index (χ2n) is 3.05. The Morgan fingerprint density at radius 2 is 1.69 bits per heavy atom. The molecule has 0 spiro atoms. The molecule has 0 heterocycles. The summed E-state index contributed by atoms with van der Waals surface area (Å²) in [5, 5.41) is 0. The van der Waals surface area contributed by atoms with Gasteiger partial charge in [-0.15, -0.1) is 0 Å². The molecule has 0 bridgehead atoms. The predicted molar refractivity (Wildman–Crippen MR) is 58.2 cm³/mol. The molecule has 0 atom stereocenters. The van der Waals surface area contributed by atoms with Gasteiger partial charge in [0, 0.05) is 0 Å². The second-order valence-corrected chi connectivity index (χ2v) is 3.05. The number of aryl methyl sites for hydroxylation is 2. The van der Waals surface area contributed by atoms with Gasteiger partial charge >= 0.3 is 25.8 Å². The maximum absolute atomic E-state index is 2.18. The van der Waals surface area contributed by atoms with Gasteiger partial charge in [-0.1, -0.05) is 20.3 Å². The van der Waals surface area contributed by atoms with Crippen molar-refractivity contribution >= 4 is 0 Å². The zero-order valence-electron chi connectivity index (χ0n) is 9.58. The topological polar surface area (TPSA) is 0 Å². The minimum absolute atomic E-state index is 0. The Labute approximate surface area is 130 Å². The molecule has 86 valence electrons. The number of rotatable bonds is 1. The van der Waals surface area contributed by atoms with E-state index < -0.39 is 0 Å². The van der Waals surface area contributed by atoms with E-state index in [-0.39, 0.29) is 50.7 Å². The first-order chi connectivity index (χ1) is 6.34. The largest absolute Gasteiger partial charge is 4.00 e. The van der Waals surface area contributed by atoms with Gasteiger partial charge in [0.05, 0.1) is 0 Å². The molecule has 0 aromatic heterocycles. The Balaban J connectivity index is -0.000000189. The first kappa shape index (κ1) is 21.4. The van der Waals surface area contributed by atoms with Crippen LogP contribution in [0.15, 0.2) is 48.5 Å². The Morgan fingerprint density at radius 1 is 1.12 bits per heavy atom. The summed E-state index contributed by atoms with van der Waals surface area (Å²) in [6.45, 7) is 4.33. The van der Waals surface area contributed by atoms with Gasteiger partial charge in [-0.2, -0.15) is 35.4 Å². The van der Waals surface area contributed by atoms with Gasteiger partial charge in [0.15, 0.2) is 0 Å². The summed E-state index contributed by atoms with van der Waals surface area (Å²) in [6, 6.07) is 16.4. The van der Waals surface area contributed by atoms with E-state index in [1.54, 1.807) is 0 Å². The summed E-state index contributed by atoms with van der Waals surface area (Å²) in [4.78, 5) is 0. The summed E-state index contributed by atoms with van der Waals surface area (Å²) in [6.07, 6.45) is 1.17. The van der Waals surface area contributed by atoms with Gasteiger partial charge in [0.1, 0.15) is 0 Å². The molecule has 2 rings (SSSR count). The molecular formula is C13H16Cl2Hf. The number of hydrogen-bond acceptors (Lipinski definition) is 0. The summed E-state index contributed by atoms with van der Waals surface area (Å²) in [5.41, 5.74) is 2.90. The van der Waals surface area contributed by atoms with Gasteiger partial charge in [0.2, 0.25) is 0 Å². The van der Waals surface area contributed by atoms with Crippen molar-refractivity contribution in [3.8, 4) is 0 Å². The van der Waals surface area contributed by atoms with Crippen LogP contribution in [0.4, 0.5) is 0 Å². The summed E-state index contributed by atoms with van der Waals surface area (Å²) < 4.78 is 0. The second kappa shape index (κ2) is 13.2. The fourth-order valence-electron chi connectivity index (χ4n) is 1.26. The van der Waals surface area contributed by atoms with Crippen molar-refractivity contribution in [2.75, 3.05) is 0 Å². The molecular weight excluding hydrogens is 406 g/mol. The number of halogens is 2.